The van der Waals surface area contributed by atoms with E-state index in [1.165, 1.54) is 30.5 Å². The lowest BCUT2D eigenvalue weighted by atomic mass is 9.85. The van der Waals surface area contributed by atoms with Gasteiger partial charge in [-0.3, -0.25) is 4.79 Å². The third-order valence-electron chi connectivity index (χ3n) is 7.81. The van der Waals surface area contributed by atoms with Gasteiger partial charge in [-0.05, 0) is 91.6 Å². The van der Waals surface area contributed by atoms with Crippen LogP contribution in [0.15, 0.2) is 71.6 Å². The molecule has 5 rings (SSSR count). The molecular formula is C31H33F4N3O3S. The van der Waals surface area contributed by atoms with Crippen LogP contribution in [0.1, 0.15) is 85.0 Å². The maximum Gasteiger partial charge on any atom is 0.416 e. The number of fused-ring (bicyclic) bond motifs is 1. The van der Waals surface area contributed by atoms with Gasteiger partial charge in [0.05, 0.1) is 22.5 Å². The van der Waals surface area contributed by atoms with Gasteiger partial charge in [-0.15, -0.1) is 0 Å². The number of carbonyl (C=O) groups is 1. The molecule has 0 aromatic heterocycles. The van der Waals surface area contributed by atoms with Gasteiger partial charge in [-0.2, -0.15) is 13.2 Å². The molecule has 0 aliphatic heterocycles. The molecule has 224 valence electrons. The number of hydrogen-bond acceptors (Lipinski definition) is 4. The summed E-state index contributed by atoms with van der Waals surface area (Å²) in [4.78, 5) is 12.7. The maximum absolute atomic E-state index is 13.6. The standard InChI is InChI=1S/C31H33F4N3O3S/c1-19(36-25-13-14-25)21-10-15-27-22(16-21)4-2-7-28(27)37-30(39)18-29(20-8-11-24(32)12-9-20)38-42(40,41)26-6-3-5-23(17-26)31(33,34)35/h3,5-6,8-12,15-17,19,25,28-29,36,38H,2,4,7,13-14,18H2,1H3,(H,37,39)/t19-,28+,29?/m0/s1. The van der Waals surface area contributed by atoms with Crippen LogP contribution in [-0.2, 0) is 27.4 Å². The molecule has 11 heteroatoms. The Morgan fingerprint density at radius 1 is 0.976 bits per heavy atom. The van der Waals surface area contributed by atoms with Crippen LogP contribution in [0.3, 0.4) is 0 Å². The van der Waals surface area contributed by atoms with Gasteiger partial charge >= 0.3 is 6.18 Å². The molecule has 1 fully saturated rings. The molecule has 3 aromatic rings. The zero-order valence-electron chi connectivity index (χ0n) is 23.0. The Hall–Kier alpha value is -3.28. The topological polar surface area (TPSA) is 87.3 Å². The minimum atomic E-state index is -4.73. The number of rotatable bonds is 10. The van der Waals surface area contributed by atoms with Crippen LogP contribution in [0.5, 0.6) is 0 Å². The first-order chi connectivity index (χ1) is 19.9. The van der Waals surface area contributed by atoms with Crippen molar-refractivity contribution < 1.29 is 30.8 Å². The third-order valence-corrected chi connectivity index (χ3v) is 9.28. The highest BCUT2D eigenvalue weighted by Gasteiger charge is 2.33. The van der Waals surface area contributed by atoms with Crippen molar-refractivity contribution in [3.8, 4) is 0 Å². The predicted molar refractivity (Wildman–Crippen MR) is 150 cm³/mol. The minimum absolute atomic E-state index is 0.221. The summed E-state index contributed by atoms with van der Waals surface area (Å²) in [6, 6.07) is 14.0. The van der Waals surface area contributed by atoms with Crippen molar-refractivity contribution in [2.75, 3.05) is 0 Å². The van der Waals surface area contributed by atoms with Crippen LogP contribution in [-0.4, -0.2) is 20.4 Å². The van der Waals surface area contributed by atoms with Crippen molar-refractivity contribution in [2.45, 2.75) is 80.7 Å². The SMILES string of the molecule is C[C@H](NC1CC1)c1ccc2c(c1)CCC[C@H]2NC(=O)CC(NS(=O)(=O)c1cccc(C(F)(F)F)c1)c1ccc(F)cc1. The molecule has 2 aliphatic carbocycles. The summed E-state index contributed by atoms with van der Waals surface area (Å²) in [5.74, 6) is -0.996. The highest BCUT2D eigenvalue weighted by atomic mass is 32.2. The Balaban J connectivity index is 1.33. The second-order valence-electron chi connectivity index (χ2n) is 11.1. The lowest BCUT2D eigenvalue weighted by Gasteiger charge is -2.28. The molecule has 0 heterocycles. The van der Waals surface area contributed by atoms with E-state index in [1.54, 1.807) is 0 Å². The molecule has 0 spiro atoms. The van der Waals surface area contributed by atoms with E-state index < -0.39 is 44.4 Å². The Kier molecular flexibility index (Phi) is 8.73. The zero-order chi connectivity index (χ0) is 30.1. The van der Waals surface area contributed by atoms with Crippen LogP contribution >= 0.6 is 0 Å². The van der Waals surface area contributed by atoms with Gasteiger partial charge in [-0.1, -0.05) is 36.4 Å². The second-order valence-corrected chi connectivity index (χ2v) is 12.8. The number of carbonyl (C=O) groups excluding carboxylic acids is 1. The monoisotopic (exact) mass is 603 g/mol. The fourth-order valence-corrected chi connectivity index (χ4v) is 6.68. The Morgan fingerprint density at radius 2 is 1.69 bits per heavy atom. The summed E-state index contributed by atoms with van der Waals surface area (Å²) < 4.78 is 82.0. The fourth-order valence-electron chi connectivity index (χ4n) is 5.41. The Morgan fingerprint density at radius 3 is 2.38 bits per heavy atom. The van der Waals surface area contributed by atoms with E-state index in [-0.39, 0.29) is 18.5 Å². The molecule has 1 unspecified atom stereocenters. The number of nitrogens with one attached hydrogen (secondary N) is 3. The molecule has 2 aliphatic rings. The van der Waals surface area contributed by atoms with Gasteiger partial charge < -0.3 is 10.6 Å². The molecule has 3 atom stereocenters. The molecule has 1 amide bonds. The first-order valence-electron chi connectivity index (χ1n) is 14.0. The molecule has 6 nitrogen and oxygen atoms in total. The number of sulfonamides is 1. The lowest BCUT2D eigenvalue weighted by Crippen LogP contribution is -2.36. The first kappa shape index (κ1) is 30.2. The second kappa shape index (κ2) is 12.1. The number of halogens is 4. The summed E-state index contributed by atoms with van der Waals surface area (Å²) in [5.41, 5.74) is 2.55. The molecule has 3 N–H and O–H groups in total. The number of hydrogen-bond donors (Lipinski definition) is 3. The van der Waals surface area contributed by atoms with E-state index in [0.29, 0.717) is 24.1 Å². The van der Waals surface area contributed by atoms with Crippen molar-refractivity contribution in [3.05, 3.63) is 100 Å². The first-order valence-corrected chi connectivity index (χ1v) is 15.5. The molecular weight excluding hydrogens is 570 g/mol. The summed E-state index contributed by atoms with van der Waals surface area (Å²) in [6.07, 6.45) is -0.210. The minimum Gasteiger partial charge on any atom is -0.349 e. The van der Waals surface area contributed by atoms with Crippen molar-refractivity contribution in [3.63, 3.8) is 0 Å². The highest BCUT2D eigenvalue weighted by Crippen LogP contribution is 2.34. The van der Waals surface area contributed by atoms with Gasteiger partial charge in [0.25, 0.3) is 0 Å². The lowest BCUT2D eigenvalue weighted by molar-refractivity contribution is -0.137. The number of alkyl halides is 3. The number of aryl methyl sites for hydroxylation is 1. The van der Waals surface area contributed by atoms with Crippen molar-refractivity contribution >= 4 is 15.9 Å². The number of amides is 1. The molecule has 42 heavy (non-hydrogen) atoms. The Labute approximate surface area is 243 Å². The van der Waals surface area contributed by atoms with Gasteiger partial charge in [-0.25, -0.2) is 17.5 Å². The van der Waals surface area contributed by atoms with Gasteiger partial charge in [0.15, 0.2) is 0 Å². The summed E-state index contributed by atoms with van der Waals surface area (Å²) in [5, 5.41) is 6.62. The quantitative estimate of drug-likeness (QED) is 0.239. The van der Waals surface area contributed by atoms with Crippen LogP contribution in [0.4, 0.5) is 17.6 Å². The molecule has 3 aromatic carbocycles. The van der Waals surface area contributed by atoms with Gasteiger partial charge in [0, 0.05) is 18.5 Å². The average molecular weight is 604 g/mol. The van der Waals surface area contributed by atoms with Gasteiger partial charge in [0.2, 0.25) is 15.9 Å². The predicted octanol–water partition coefficient (Wildman–Crippen LogP) is 6.26. The molecule has 0 bridgehead atoms. The van der Waals surface area contributed by atoms with Crippen LogP contribution in [0.2, 0.25) is 0 Å². The largest absolute Gasteiger partial charge is 0.416 e. The van der Waals surface area contributed by atoms with Crippen molar-refractivity contribution in [2.24, 2.45) is 0 Å². The van der Waals surface area contributed by atoms with Crippen LogP contribution in [0.25, 0.3) is 0 Å². The molecule has 0 radical (unpaired) electrons. The smallest absolute Gasteiger partial charge is 0.349 e. The van der Waals surface area contributed by atoms with Crippen molar-refractivity contribution in [1.82, 2.24) is 15.4 Å². The summed E-state index contributed by atoms with van der Waals surface area (Å²) >= 11 is 0. The van der Waals surface area contributed by atoms with E-state index in [2.05, 4.69) is 34.4 Å². The van der Waals surface area contributed by atoms with Crippen molar-refractivity contribution in [1.29, 1.82) is 0 Å². The summed E-state index contributed by atoms with van der Waals surface area (Å²) in [6.45, 7) is 2.14. The average Bonchev–Trinajstić information content (AvgIpc) is 3.76. The van der Waals surface area contributed by atoms with Crippen LogP contribution in [0, 0.1) is 5.82 Å². The molecule has 0 saturated heterocycles. The normalized spacial score (nSPS) is 18.6. The van der Waals surface area contributed by atoms with E-state index in [9.17, 15) is 30.8 Å². The molecule has 1 saturated carbocycles. The summed E-state index contributed by atoms with van der Waals surface area (Å²) in [7, 11) is -4.47. The highest BCUT2D eigenvalue weighted by molar-refractivity contribution is 7.89. The fraction of sp³-hybridized carbons (Fsp3) is 0.387. The zero-order valence-corrected chi connectivity index (χ0v) is 23.9. The maximum atomic E-state index is 13.6. The van der Waals surface area contributed by atoms with Crippen LogP contribution < -0.4 is 15.4 Å². The third kappa shape index (κ3) is 7.37. The van der Waals surface area contributed by atoms with Gasteiger partial charge in [0.1, 0.15) is 5.82 Å². The van der Waals surface area contributed by atoms with E-state index >= 15 is 0 Å². The van der Waals surface area contributed by atoms with E-state index in [1.807, 2.05) is 6.07 Å². The van der Waals surface area contributed by atoms with E-state index in [0.717, 1.165) is 54.3 Å². The number of benzene rings is 3. The van der Waals surface area contributed by atoms with E-state index in [4.69, 9.17) is 0 Å². The Bertz CT molecular complexity index is 1540.